The van der Waals surface area contributed by atoms with E-state index in [1.54, 1.807) is 4.90 Å². The average molecular weight is 425 g/mol. The third-order valence-corrected chi connectivity index (χ3v) is 6.93. The zero-order chi connectivity index (χ0) is 21.6. The van der Waals surface area contributed by atoms with Gasteiger partial charge in [-0.2, -0.15) is 4.31 Å². The Morgan fingerprint density at radius 2 is 1.48 bits per heavy atom. The molecule has 1 fully saturated rings. The molecule has 1 aliphatic heterocycles. The summed E-state index contributed by atoms with van der Waals surface area (Å²) in [7, 11) is -3.56. The van der Waals surface area contributed by atoms with Gasteiger partial charge in [0, 0.05) is 25.2 Å². The van der Waals surface area contributed by atoms with E-state index < -0.39 is 16.0 Å². The molecule has 0 saturated carbocycles. The largest absolute Gasteiger partial charge is 0.452 e. The van der Waals surface area contributed by atoms with Crippen molar-refractivity contribution in [1.82, 2.24) is 9.21 Å². The van der Waals surface area contributed by atoms with Crippen molar-refractivity contribution in [2.24, 2.45) is 0 Å². The summed E-state index contributed by atoms with van der Waals surface area (Å²) in [6.07, 6.45) is 3.81. The van der Waals surface area contributed by atoms with Gasteiger partial charge in [-0.3, -0.25) is 4.79 Å². The Kier molecular flexibility index (Phi) is 8.22. The van der Waals surface area contributed by atoms with Crippen LogP contribution in [0.25, 0.3) is 0 Å². The van der Waals surface area contributed by atoms with E-state index in [0.29, 0.717) is 13.1 Å². The molecule has 29 heavy (non-hydrogen) atoms. The molecule has 1 amide bonds. The van der Waals surface area contributed by atoms with Gasteiger partial charge in [0.15, 0.2) is 6.61 Å². The Labute approximate surface area is 174 Å². The maximum atomic E-state index is 12.8. The standard InChI is InChI=1S/C21H32N2O5S/c1-16(2)23(17(3)4)20(24)15-28-21(25)18-9-11-19(12-10-18)29(26,27)22-13-7-5-6-8-14-22/h9-12,16-17H,5-8,13-15H2,1-4H3. The number of hydrogen-bond donors (Lipinski definition) is 0. The van der Waals surface area contributed by atoms with E-state index in [1.807, 2.05) is 27.7 Å². The summed E-state index contributed by atoms with van der Waals surface area (Å²) < 4.78 is 32.2. The maximum Gasteiger partial charge on any atom is 0.338 e. The molecule has 8 heteroatoms. The fourth-order valence-corrected chi connectivity index (χ4v) is 5.17. The molecule has 2 rings (SSSR count). The minimum Gasteiger partial charge on any atom is -0.452 e. The van der Waals surface area contributed by atoms with Gasteiger partial charge in [0.25, 0.3) is 5.91 Å². The number of carbonyl (C=O) groups is 2. The first-order valence-corrected chi connectivity index (χ1v) is 11.7. The lowest BCUT2D eigenvalue weighted by Crippen LogP contribution is -2.44. The van der Waals surface area contributed by atoms with Crippen LogP contribution < -0.4 is 0 Å². The molecular weight excluding hydrogens is 392 g/mol. The first-order valence-electron chi connectivity index (χ1n) is 10.2. The zero-order valence-corrected chi connectivity index (χ0v) is 18.6. The third-order valence-electron chi connectivity index (χ3n) is 5.02. The number of sulfonamides is 1. The van der Waals surface area contributed by atoms with Gasteiger partial charge in [0.1, 0.15) is 0 Å². The van der Waals surface area contributed by atoms with Crippen molar-refractivity contribution < 1.29 is 22.7 Å². The predicted octanol–water partition coefficient (Wildman–Crippen LogP) is 3.05. The van der Waals surface area contributed by atoms with Crippen molar-refractivity contribution in [3.63, 3.8) is 0 Å². The quantitative estimate of drug-likeness (QED) is 0.628. The SMILES string of the molecule is CC(C)N(C(=O)COC(=O)c1ccc(S(=O)(=O)N2CCCCCC2)cc1)C(C)C. The van der Waals surface area contributed by atoms with Gasteiger partial charge in [-0.15, -0.1) is 0 Å². The summed E-state index contributed by atoms with van der Waals surface area (Å²) in [5, 5.41) is 0. The second-order valence-electron chi connectivity index (χ2n) is 7.91. The van der Waals surface area contributed by atoms with Gasteiger partial charge >= 0.3 is 5.97 Å². The summed E-state index contributed by atoms with van der Waals surface area (Å²) in [6, 6.07) is 5.72. The Balaban J connectivity index is 2.02. The molecule has 0 bridgehead atoms. The van der Waals surface area contributed by atoms with Crippen molar-refractivity contribution in [2.75, 3.05) is 19.7 Å². The number of hydrogen-bond acceptors (Lipinski definition) is 5. The van der Waals surface area contributed by atoms with Crippen molar-refractivity contribution in [1.29, 1.82) is 0 Å². The van der Waals surface area contributed by atoms with Gasteiger partial charge in [-0.25, -0.2) is 13.2 Å². The lowest BCUT2D eigenvalue weighted by molar-refractivity contribution is -0.138. The molecule has 0 radical (unpaired) electrons. The first-order chi connectivity index (χ1) is 13.6. The highest BCUT2D eigenvalue weighted by molar-refractivity contribution is 7.89. The van der Waals surface area contributed by atoms with Gasteiger partial charge in [-0.1, -0.05) is 12.8 Å². The van der Waals surface area contributed by atoms with E-state index in [2.05, 4.69) is 0 Å². The number of ether oxygens (including phenoxy) is 1. The molecule has 0 spiro atoms. The van der Waals surface area contributed by atoms with Crippen LogP contribution in [0.5, 0.6) is 0 Å². The fraction of sp³-hybridized carbons (Fsp3) is 0.619. The summed E-state index contributed by atoms with van der Waals surface area (Å²) in [4.78, 5) is 26.4. The molecular formula is C21H32N2O5S. The van der Waals surface area contributed by atoms with Crippen LogP contribution >= 0.6 is 0 Å². The molecule has 0 unspecified atom stereocenters. The predicted molar refractivity (Wildman–Crippen MR) is 111 cm³/mol. The van der Waals surface area contributed by atoms with E-state index in [1.165, 1.54) is 28.6 Å². The molecule has 0 N–H and O–H groups in total. The summed E-state index contributed by atoms with van der Waals surface area (Å²) in [5.74, 6) is -0.909. The minimum atomic E-state index is -3.56. The van der Waals surface area contributed by atoms with Crippen molar-refractivity contribution in [3.8, 4) is 0 Å². The molecule has 1 aromatic rings. The van der Waals surface area contributed by atoms with Crippen LogP contribution in [-0.2, 0) is 19.6 Å². The van der Waals surface area contributed by atoms with Crippen LogP contribution in [0.2, 0.25) is 0 Å². The number of benzene rings is 1. The van der Waals surface area contributed by atoms with E-state index in [-0.39, 0.29) is 35.1 Å². The Bertz CT molecular complexity index is 787. The maximum absolute atomic E-state index is 12.8. The molecule has 7 nitrogen and oxygen atoms in total. The second-order valence-corrected chi connectivity index (χ2v) is 9.85. The number of nitrogens with zero attached hydrogens (tertiary/aromatic N) is 2. The van der Waals surface area contributed by atoms with Crippen LogP contribution in [0.4, 0.5) is 0 Å². The van der Waals surface area contributed by atoms with E-state index >= 15 is 0 Å². The van der Waals surface area contributed by atoms with Crippen LogP contribution in [-0.4, -0.2) is 61.3 Å². The normalized spacial score (nSPS) is 15.9. The molecule has 1 aromatic carbocycles. The summed E-state index contributed by atoms with van der Waals surface area (Å²) >= 11 is 0. The minimum absolute atomic E-state index is 0.00433. The van der Waals surface area contributed by atoms with Crippen LogP contribution in [0.1, 0.15) is 63.7 Å². The highest BCUT2D eigenvalue weighted by Gasteiger charge is 2.26. The van der Waals surface area contributed by atoms with E-state index in [9.17, 15) is 18.0 Å². The molecule has 0 atom stereocenters. The van der Waals surface area contributed by atoms with Gasteiger partial charge in [0.2, 0.25) is 10.0 Å². The van der Waals surface area contributed by atoms with Crippen LogP contribution in [0.15, 0.2) is 29.2 Å². The Hall–Kier alpha value is -1.93. The highest BCUT2D eigenvalue weighted by atomic mass is 32.2. The molecule has 1 saturated heterocycles. The highest BCUT2D eigenvalue weighted by Crippen LogP contribution is 2.21. The number of esters is 1. The lowest BCUT2D eigenvalue weighted by atomic mass is 10.2. The lowest BCUT2D eigenvalue weighted by Gasteiger charge is -2.30. The topological polar surface area (TPSA) is 84.0 Å². The molecule has 1 heterocycles. The van der Waals surface area contributed by atoms with Crippen molar-refractivity contribution in [2.45, 2.75) is 70.4 Å². The molecule has 0 aliphatic carbocycles. The third kappa shape index (κ3) is 6.02. The van der Waals surface area contributed by atoms with Gasteiger partial charge in [-0.05, 0) is 64.8 Å². The zero-order valence-electron chi connectivity index (χ0n) is 17.8. The smallest absolute Gasteiger partial charge is 0.338 e. The summed E-state index contributed by atoms with van der Waals surface area (Å²) in [6.45, 7) is 8.33. The number of rotatable bonds is 7. The van der Waals surface area contributed by atoms with Crippen LogP contribution in [0, 0.1) is 0 Å². The average Bonchev–Trinajstić information content (AvgIpc) is 2.95. The van der Waals surface area contributed by atoms with E-state index in [0.717, 1.165) is 25.7 Å². The first kappa shape index (κ1) is 23.3. The van der Waals surface area contributed by atoms with Gasteiger partial charge < -0.3 is 9.64 Å². The molecule has 162 valence electrons. The van der Waals surface area contributed by atoms with Crippen molar-refractivity contribution in [3.05, 3.63) is 29.8 Å². The molecule has 1 aliphatic rings. The molecule has 0 aromatic heterocycles. The van der Waals surface area contributed by atoms with Crippen molar-refractivity contribution >= 4 is 21.9 Å². The van der Waals surface area contributed by atoms with Gasteiger partial charge in [0.05, 0.1) is 10.5 Å². The Morgan fingerprint density at radius 3 is 1.97 bits per heavy atom. The number of carbonyl (C=O) groups excluding carboxylic acids is 2. The summed E-state index contributed by atoms with van der Waals surface area (Å²) in [5.41, 5.74) is 0.216. The number of amides is 1. The van der Waals surface area contributed by atoms with E-state index in [4.69, 9.17) is 4.74 Å². The Morgan fingerprint density at radius 1 is 0.966 bits per heavy atom. The fourth-order valence-electron chi connectivity index (χ4n) is 3.65. The monoisotopic (exact) mass is 424 g/mol. The second kappa shape index (κ2) is 10.2. The van der Waals surface area contributed by atoms with Crippen LogP contribution in [0.3, 0.4) is 0 Å².